The number of hydrogen-bond acceptors (Lipinski definition) is 3. The largest absolute Gasteiger partial charge is 0.352 e. The molecule has 0 saturated carbocycles. The summed E-state index contributed by atoms with van der Waals surface area (Å²) in [5.74, 6) is -0.586. The zero-order valence-electron chi connectivity index (χ0n) is 9.88. The van der Waals surface area contributed by atoms with Gasteiger partial charge in [-0.2, -0.15) is 0 Å². The van der Waals surface area contributed by atoms with Gasteiger partial charge in [-0.1, -0.05) is 6.92 Å². The van der Waals surface area contributed by atoms with Gasteiger partial charge in [0, 0.05) is 25.4 Å². The standard InChI is InChI=1S/C11H16F3N3/c1-3-15-6-8-4-5-16-11(10(8)14)17(2)7-9(12)13/h4-5,9,15H,3,6-7H2,1-2H3. The van der Waals surface area contributed by atoms with Crippen LogP contribution in [0.5, 0.6) is 0 Å². The van der Waals surface area contributed by atoms with Gasteiger partial charge in [0.1, 0.15) is 0 Å². The Morgan fingerprint density at radius 2 is 2.18 bits per heavy atom. The lowest BCUT2D eigenvalue weighted by Gasteiger charge is -2.19. The van der Waals surface area contributed by atoms with Crippen LogP contribution in [0.3, 0.4) is 0 Å². The first-order valence-corrected chi connectivity index (χ1v) is 5.39. The fourth-order valence-corrected chi connectivity index (χ4v) is 1.43. The van der Waals surface area contributed by atoms with Gasteiger partial charge in [-0.3, -0.25) is 0 Å². The predicted octanol–water partition coefficient (Wildman–Crippen LogP) is 2.03. The summed E-state index contributed by atoms with van der Waals surface area (Å²) in [6, 6.07) is 1.54. The van der Waals surface area contributed by atoms with Crippen molar-refractivity contribution >= 4 is 5.82 Å². The summed E-state index contributed by atoms with van der Waals surface area (Å²) in [6.07, 6.45) is -1.09. The van der Waals surface area contributed by atoms with Crippen LogP contribution in [0.25, 0.3) is 0 Å². The number of pyridine rings is 1. The van der Waals surface area contributed by atoms with E-state index in [0.29, 0.717) is 18.7 Å². The third kappa shape index (κ3) is 3.89. The highest BCUT2D eigenvalue weighted by atomic mass is 19.3. The minimum absolute atomic E-state index is 0.0410. The Morgan fingerprint density at radius 3 is 2.76 bits per heavy atom. The van der Waals surface area contributed by atoms with Gasteiger partial charge < -0.3 is 10.2 Å². The summed E-state index contributed by atoms with van der Waals surface area (Å²) in [5, 5.41) is 2.98. The van der Waals surface area contributed by atoms with E-state index < -0.39 is 18.8 Å². The van der Waals surface area contributed by atoms with Gasteiger partial charge in [0.2, 0.25) is 0 Å². The molecule has 0 atom stereocenters. The summed E-state index contributed by atoms with van der Waals surface area (Å²) in [4.78, 5) is 4.91. The minimum atomic E-state index is -2.52. The van der Waals surface area contributed by atoms with Crippen LogP contribution in [0.4, 0.5) is 19.0 Å². The highest BCUT2D eigenvalue weighted by molar-refractivity contribution is 5.42. The summed E-state index contributed by atoms with van der Waals surface area (Å²) in [5.41, 5.74) is 0.429. The van der Waals surface area contributed by atoms with E-state index in [1.165, 1.54) is 19.3 Å². The van der Waals surface area contributed by atoms with Gasteiger partial charge in [0.05, 0.1) is 6.54 Å². The molecule has 0 bridgehead atoms. The van der Waals surface area contributed by atoms with Crippen molar-refractivity contribution < 1.29 is 13.2 Å². The molecule has 0 saturated heterocycles. The third-order valence-electron chi connectivity index (χ3n) is 2.29. The Bertz CT molecular complexity index is 358. The number of alkyl halides is 2. The van der Waals surface area contributed by atoms with Crippen molar-refractivity contribution in [1.29, 1.82) is 0 Å². The van der Waals surface area contributed by atoms with E-state index in [1.807, 2.05) is 6.92 Å². The zero-order valence-corrected chi connectivity index (χ0v) is 9.88. The Hall–Kier alpha value is -1.30. The average molecular weight is 247 g/mol. The molecule has 96 valence electrons. The van der Waals surface area contributed by atoms with Crippen LogP contribution < -0.4 is 10.2 Å². The fraction of sp³-hybridized carbons (Fsp3) is 0.545. The van der Waals surface area contributed by atoms with Crippen LogP contribution >= 0.6 is 0 Å². The molecule has 0 radical (unpaired) electrons. The van der Waals surface area contributed by atoms with Crippen molar-refractivity contribution in [3.8, 4) is 0 Å². The molecule has 1 aromatic heterocycles. The van der Waals surface area contributed by atoms with Crippen molar-refractivity contribution in [2.75, 3.05) is 25.0 Å². The maximum absolute atomic E-state index is 13.9. The van der Waals surface area contributed by atoms with Crippen LogP contribution in [-0.4, -0.2) is 31.5 Å². The number of anilines is 1. The Labute approximate surface area is 98.6 Å². The first-order chi connectivity index (χ1) is 8.06. The van der Waals surface area contributed by atoms with E-state index in [4.69, 9.17) is 0 Å². The smallest absolute Gasteiger partial charge is 0.255 e. The Balaban J connectivity index is 2.85. The maximum Gasteiger partial charge on any atom is 0.255 e. The molecule has 0 aromatic carbocycles. The van der Waals surface area contributed by atoms with Gasteiger partial charge in [-0.25, -0.2) is 18.2 Å². The molecule has 1 heterocycles. The van der Waals surface area contributed by atoms with E-state index >= 15 is 0 Å². The van der Waals surface area contributed by atoms with Crippen molar-refractivity contribution in [1.82, 2.24) is 10.3 Å². The lowest BCUT2D eigenvalue weighted by molar-refractivity contribution is 0.156. The highest BCUT2D eigenvalue weighted by Gasteiger charge is 2.16. The maximum atomic E-state index is 13.9. The van der Waals surface area contributed by atoms with E-state index in [0.717, 1.165) is 4.90 Å². The topological polar surface area (TPSA) is 28.2 Å². The third-order valence-corrected chi connectivity index (χ3v) is 2.29. The molecule has 0 spiro atoms. The molecule has 0 aliphatic heterocycles. The first-order valence-electron chi connectivity index (χ1n) is 5.39. The molecule has 1 aromatic rings. The van der Waals surface area contributed by atoms with Gasteiger partial charge in [0.15, 0.2) is 11.6 Å². The number of aromatic nitrogens is 1. The molecule has 6 heteroatoms. The molecule has 0 aliphatic carbocycles. The lowest BCUT2D eigenvalue weighted by atomic mass is 10.2. The molecule has 17 heavy (non-hydrogen) atoms. The molecule has 0 amide bonds. The van der Waals surface area contributed by atoms with Gasteiger partial charge >= 0.3 is 0 Å². The van der Waals surface area contributed by atoms with Gasteiger partial charge in [-0.15, -0.1) is 0 Å². The Kier molecular flexibility index (Phi) is 5.21. The molecule has 0 fully saturated rings. The van der Waals surface area contributed by atoms with E-state index in [-0.39, 0.29) is 5.82 Å². The summed E-state index contributed by atoms with van der Waals surface area (Å²) in [7, 11) is 1.40. The van der Waals surface area contributed by atoms with Crippen molar-refractivity contribution in [3.63, 3.8) is 0 Å². The predicted molar refractivity (Wildman–Crippen MR) is 60.8 cm³/mol. The highest BCUT2D eigenvalue weighted by Crippen LogP contribution is 2.18. The first kappa shape index (κ1) is 13.8. The second-order valence-electron chi connectivity index (χ2n) is 3.66. The summed E-state index contributed by atoms with van der Waals surface area (Å²) >= 11 is 0. The van der Waals surface area contributed by atoms with E-state index in [1.54, 1.807) is 0 Å². The molecule has 1 rings (SSSR count). The molecule has 3 nitrogen and oxygen atoms in total. The summed E-state index contributed by atoms with van der Waals surface area (Å²) < 4.78 is 38.3. The Morgan fingerprint density at radius 1 is 1.47 bits per heavy atom. The number of nitrogens with one attached hydrogen (secondary N) is 1. The zero-order chi connectivity index (χ0) is 12.8. The van der Waals surface area contributed by atoms with Crippen LogP contribution in [0.15, 0.2) is 12.3 Å². The molecule has 1 N–H and O–H groups in total. The van der Waals surface area contributed by atoms with Gasteiger partial charge in [0.25, 0.3) is 6.43 Å². The van der Waals surface area contributed by atoms with Crippen molar-refractivity contribution in [2.24, 2.45) is 0 Å². The van der Waals surface area contributed by atoms with Crippen molar-refractivity contribution in [3.05, 3.63) is 23.6 Å². The number of halogens is 3. The van der Waals surface area contributed by atoms with Gasteiger partial charge in [-0.05, 0) is 12.6 Å². The minimum Gasteiger partial charge on any atom is -0.352 e. The quantitative estimate of drug-likeness (QED) is 0.833. The molecule has 0 unspecified atom stereocenters. The second-order valence-corrected chi connectivity index (χ2v) is 3.66. The van der Waals surface area contributed by atoms with Crippen LogP contribution in [-0.2, 0) is 6.54 Å². The van der Waals surface area contributed by atoms with Crippen LogP contribution in [0, 0.1) is 5.82 Å². The molecular formula is C11H16F3N3. The average Bonchev–Trinajstić information content (AvgIpc) is 2.26. The monoisotopic (exact) mass is 247 g/mol. The van der Waals surface area contributed by atoms with E-state index in [9.17, 15) is 13.2 Å². The normalized spacial score (nSPS) is 10.9. The number of hydrogen-bond donors (Lipinski definition) is 1. The molecular weight excluding hydrogens is 231 g/mol. The van der Waals surface area contributed by atoms with Crippen molar-refractivity contribution in [2.45, 2.75) is 19.9 Å². The SMILES string of the molecule is CCNCc1ccnc(N(C)CC(F)F)c1F. The van der Waals surface area contributed by atoms with E-state index in [2.05, 4.69) is 10.3 Å². The number of nitrogens with zero attached hydrogens (tertiary/aromatic N) is 2. The lowest BCUT2D eigenvalue weighted by Crippen LogP contribution is -2.26. The fourth-order valence-electron chi connectivity index (χ4n) is 1.43. The number of rotatable bonds is 6. The van der Waals surface area contributed by atoms with Crippen LogP contribution in [0.1, 0.15) is 12.5 Å². The second kappa shape index (κ2) is 6.44. The molecule has 0 aliphatic rings. The summed E-state index contributed by atoms with van der Waals surface area (Å²) in [6.45, 7) is 2.45. The van der Waals surface area contributed by atoms with Crippen LogP contribution in [0.2, 0.25) is 0 Å².